The van der Waals surface area contributed by atoms with Crippen LogP contribution in [0.4, 0.5) is 0 Å². The summed E-state index contributed by atoms with van der Waals surface area (Å²) in [5.41, 5.74) is 2.16. The Bertz CT molecular complexity index is 566. The molecule has 0 unspecified atom stereocenters. The first-order valence-corrected chi connectivity index (χ1v) is 4.84. The van der Waals surface area contributed by atoms with Crippen LogP contribution >= 0.6 is 0 Å². The van der Waals surface area contributed by atoms with Crippen LogP contribution in [0.3, 0.4) is 0 Å². The number of hydrogen-bond donors (Lipinski definition) is 0. The zero-order valence-corrected chi connectivity index (χ0v) is 8.13. The lowest BCUT2D eigenvalue weighted by Gasteiger charge is -2.01. The third-order valence-electron chi connectivity index (χ3n) is 2.44. The van der Waals surface area contributed by atoms with Crippen LogP contribution in [0.2, 0.25) is 0 Å². The molecular weight excluding hydrogens is 188 g/mol. The van der Waals surface area contributed by atoms with E-state index in [4.69, 9.17) is 4.42 Å². The number of imidazole rings is 1. The highest BCUT2D eigenvalue weighted by molar-refractivity contribution is 5.77. The molecule has 0 aliphatic heterocycles. The number of benzene rings is 1. The summed E-state index contributed by atoms with van der Waals surface area (Å²) in [6.07, 6.45) is 7.26. The van der Waals surface area contributed by atoms with Gasteiger partial charge < -0.3 is 8.98 Å². The quantitative estimate of drug-likeness (QED) is 0.633. The lowest BCUT2D eigenvalue weighted by molar-refractivity contribution is 0.615. The van der Waals surface area contributed by atoms with Gasteiger partial charge in [-0.3, -0.25) is 0 Å². The number of hydrogen-bond acceptors (Lipinski definition) is 2. The third-order valence-corrected chi connectivity index (χ3v) is 2.44. The SMILES string of the molecule is c1cn(Cc2ccc3ccoc3c2)cn1. The summed E-state index contributed by atoms with van der Waals surface area (Å²) in [7, 11) is 0. The Morgan fingerprint density at radius 3 is 3.13 bits per heavy atom. The van der Waals surface area contributed by atoms with E-state index in [1.54, 1.807) is 12.5 Å². The minimum absolute atomic E-state index is 0.830. The molecule has 2 heterocycles. The fourth-order valence-electron chi connectivity index (χ4n) is 1.69. The van der Waals surface area contributed by atoms with E-state index < -0.39 is 0 Å². The molecule has 0 aliphatic carbocycles. The van der Waals surface area contributed by atoms with Crippen molar-refractivity contribution < 1.29 is 4.42 Å². The zero-order chi connectivity index (χ0) is 10.1. The van der Waals surface area contributed by atoms with Crippen LogP contribution in [0, 0.1) is 0 Å². The minimum Gasteiger partial charge on any atom is -0.464 e. The molecule has 0 saturated heterocycles. The molecule has 74 valence electrons. The molecule has 0 bridgehead atoms. The van der Waals surface area contributed by atoms with Crippen molar-refractivity contribution in [1.82, 2.24) is 9.55 Å². The second-order valence-electron chi connectivity index (χ2n) is 3.53. The molecule has 0 fully saturated rings. The maximum Gasteiger partial charge on any atom is 0.134 e. The summed E-state index contributed by atoms with van der Waals surface area (Å²) < 4.78 is 7.38. The van der Waals surface area contributed by atoms with Gasteiger partial charge in [-0.05, 0) is 17.7 Å². The number of aromatic nitrogens is 2. The minimum atomic E-state index is 0.830. The van der Waals surface area contributed by atoms with Crippen molar-refractivity contribution >= 4 is 11.0 Å². The lowest BCUT2D eigenvalue weighted by Crippen LogP contribution is -1.95. The van der Waals surface area contributed by atoms with Gasteiger partial charge in [0.1, 0.15) is 5.58 Å². The Hall–Kier alpha value is -2.03. The second-order valence-corrected chi connectivity index (χ2v) is 3.53. The highest BCUT2D eigenvalue weighted by Crippen LogP contribution is 2.17. The molecule has 3 heteroatoms. The average molecular weight is 198 g/mol. The lowest BCUT2D eigenvalue weighted by atomic mass is 10.2. The highest BCUT2D eigenvalue weighted by atomic mass is 16.3. The van der Waals surface area contributed by atoms with Crippen molar-refractivity contribution in [2.24, 2.45) is 0 Å². The molecule has 0 spiro atoms. The van der Waals surface area contributed by atoms with Gasteiger partial charge in [0, 0.05) is 24.3 Å². The van der Waals surface area contributed by atoms with Crippen molar-refractivity contribution in [3.63, 3.8) is 0 Å². The van der Waals surface area contributed by atoms with Crippen molar-refractivity contribution in [3.8, 4) is 0 Å². The molecule has 0 radical (unpaired) electrons. The van der Waals surface area contributed by atoms with Crippen LogP contribution < -0.4 is 0 Å². The molecule has 15 heavy (non-hydrogen) atoms. The van der Waals surface area contributed by atoms with Crippen molar-refractivity contribution in [1.29, 1.82) is 0 Å². The Morgan fingerprint density at radius 2 is 2.27 bits per heavy atom. The smallest absolute Gasteiger partial charge is 0.134 e. The molecule has 3 nitrogen and oxygen atoms in total. The predicted molar refractivity (Wildman–Crippen MR) is 57.5 cm³/mol. The largest absolute Gasteiger partial charge is 0.464 e. The molecule has 0 saturated carbocycles. The van der Waals surface area contributed by atoms with E-state index in [1.165, 1.54) is 5.56 Å². The molecule has 3 rings (SSSR count). The summed E-state index contributed by atoms with van der Waals surface area (Å²) in [5.74, 6) is 0. The van der Waals surface area contributed by atoms with Crippen LogP contribution in [-0.2, 0) is 6.54 Å². The maximum atomic E-state index is 5.35. The number of nitrogens with zero attached hydrogens (tertiary/aromatic N) is 2. The van der Waals surface area contributed by atoms with Gasteiger partial charge in [-0.1, -0.05) is 12.1 Å². The summed E-state index contributed by atoms with van der Waals surface area (Å²) >= 11 is 0. The van der Waals surface area contributed by atoms with E-state index in [0.717, 1.165) is 17.5 Å². The third kappa shape index (κ3) is 1.52. The second kappa shape index (κ2) is 3.28. The van der Waals surface area contributed by atoms with E-state index in [9.17, 15) is 0 Å². The first kappa shape index (κ1) is 8.29. The molecular formula is C12H10N2O. The standard InChI is InChI=1S/C12H10N2O/c1-2-11-3-6-15-12(11)7-10(1)8-14-5-4-13-9-14/h1-7,9H,8H2. The van der Waals surface area contributed by atoms with Gasteiger partial charge >= 0.3 is 0 Å². The molecule has 0 aliphatic rings. The van der Waals surface area contributed by atoms with Gasteiger partial charge in [0.15, 0.2) is 0 Å². The van der Waals surface area contributed by atoms with Crippen molar-refractivity contribution in [3.05, 3.63) is 54.8 Å². The molecule has 0 atom stereocenters. The van der Waals surface area contributed by atoms with E-state index in [0.29, 0.717) is 0 Å². The Labute approximate surface area is 87.0 Å². The summed E-state index contributed by atoms with van der Waals surface area (Å²) in [6.45, 7) is 0.830. The summed E-state index contributed by atoms with van der Waals surface area (Å²) in [4.78, 5) is 4.01. The zero-order valence-electron chi connectivity index (χ0n) is 8.13. The summed E-state index contributed by atoms with van der Waals surface area (Å²) in [6, 6.07) is 8.22. The topological polar surface area (TPSA) is 31.0 Å². The van der Waals surface area contributed by atoms with Crippen molar-refractivity contribution in [2.75, 3.05) is 0 Å². The van der Waals surface area contributed by atoms with E-state index >= 15 is 0 Å². The van der Waals surface area contributed by atoms with Crippen LogP contribution in [0.1, 0.15) is 5.56 Å². The number of rotatable bonds is 2. The van der Waals surface area contributed by atoms with Gasteiger partial charge in [-0.2, -0.15) is 0 Å². The van der Waals surface area contributed by atoms with Gasteiger partial charge in [0.05, 0.1) is 12.6 Å². The van der Waals surface area contributed by atoms with Crippen LogP contribution in [0.15, 0.2) is 53.7 Å². The van der Waals surface area contributed by atoms with E-state index in [-0.39, 0.29) is 0 Å². The number of fused-ring (bicyclic) bond motifs is 1. The number of furan rings is 1. The van der Waals surface area contributed by atoms with Crippen LogP contribution in [0.25, 0.3) is 11.0 Å². The first-order valence-electron chi connectivity index (χ1n) is 4.84. The van der Waals surface area contributed by atoms with Gasteiger partial charge in [0.2, 0.25) is 0 Å². The van der Waals surface area contributed by atoms with Crippen molar-refractivity contribution in [2.45, 2.75) is 6.54 Å². The van der Waals surface area contributed by atoms with Gasteiger partial charge in [-0.25, -0.2) is 4.98 Å². The Kier molecular flexibility index (Phi) is 1.81. The maximum absolute atomic E-state index is 5.35. The highest BCUT2D eigenvalue weighted by Gasteiger charge is 1.99. The van der Waals surface area contributed by atoms with Crippen LogP contribution in [-0.4, -0.2) is 9.55 Å². The molecule has 3 aromatic rings. The average Bonchev–Trinajstić information content (AvgIpc) is 2.87. The van der Waals surface area contributed by atoms with Gasteiger partial charge in [-0.15, -0.1) is 0 Å². The molecule has 0 N–H and O–H groups in total. The Morgan fingerprint density at radius 1 is 1.27 bits per heavy atom. The fourth-order valence-corrected chi connectivity index (χ4v) is 1.69. The predicted octanol–water partition coefficient (Wildman–Crippen LogP) is 2.68. The summed E-state index contributed by atoms with van der Waals surface area (Å²) in [5, 5.41) is 1.14. The monoisotopic (exact) mass is 198 g/mol. The molecule has 0 amide bonds. The first-order chi connectivity index (χ1) is 7.42. The fraction of sp³-hybridized carbons (Fsp3) is 0.0833. The normalized spacial score (nSPS) is 10.9. The van der Waals surface area contributed by atoms with E-state index in [1.807, 2.05) is 23.2 Å². The van der Waals surface area contributed by atoms with Gasteiger partial charge in [0.25, 0.3) is 0 Å². The Balaban J connectivity index is 1.97. The van der Waals surface area contributed by atoms with E-state index in [2.05, 4.69) is 23.2 Å². The van der Waals surface area contributed by atoms with Crippen LogP contribution in [0.5, 0.6) is 0 Å². The molecule has 2 aromatic heterocycles. The molecule has 1 aromatic carbocycles.